The van der Waals surface area contributed by atoms with Gasteiger partial charge in [0.05, 0.1) is 5.39 Å². The number of ether oxygens (including phenoxy) is 1. The van der Waals surface area contributed by atoms with Crippen molar-refractivity contribution >= 4 is 23.0 Å². The SMILES string of the molecule is CN1CCN(Cc2ccc(-c3oc4ncnc(NCCN5CCN(C(=O)OC(C)(C)C)CC5)c4c3-c3ccccc3)cc2)CC1. The van der Waals surface area contributed by atoms with Crippen LogP contribution in [-0.2, 0) is 11.3 Å². The molecule has 2 aromatic heterocycles. The number of furan rings is 1. The van der Waals surface area contributed by atoms with E-state index in [1.807, 2.05) is 39.0 Å². The summed E-state index contributed by atoms with van der Waals surface area (Å²) in [4.78, 5) is 30.7. The molecule has 0 atom stereocenters. The molecule has 1 N–H and O–H groups in total. The monoisotopic (exact) mass is 611 g/mol. The van der Waals surface area contributed by atoms with Crippen molar-refractivity contribution in [3.8, 4) is 22.5 Å². The third-order valence-corrected chi connectivity index (χ3v) is 8.51. The lowest BCUT2D eigenvalue weighted by Gasteiger charge is -2.35. The molecular formula is C35H45N7O3. The summed E-state index contributed by atoms with van der Waals surface area (Å²) < 4.78 is 12.0. The molecule has 45 heavy (non-hydrogen) atoms. The van der Waals surface area contributed by atoms with E-state index >= 15 is 0 Å². The molecule has 4 heterocycles. The molecule has 2 fully saturated rings. The molecule has 0 bridgehead atoms. The van der Waals surface area contributed by atoms with Gasteiger partial charge in [0.1, 0.15) is 23.5 Å². The standard InChI is InChI=1S/C35H45N7O3/c1-35(2,3)45-34(43)42-22-20-40(21-23-42)15-14-36-32-30-29(27-8-6-5-7-9-27)31(44-33(30)38-25-37-32)28-12-10-26(11-13-28)24-41-18-16-39(4)17-19-41/h5-13,25H,14-24H2,1-4H3,(H,36,37,38). The van der Waals surface area contributed by atoms with Gasteiger partial charge in [0.25, 0.3) is 0 Å². The summed E-state index contributed by atoms with van der Waals surface area (Å²) in [7, 11) is 2.19. The molecule has 0 saturated carbocycles. The number of anilines is 1. The van der Waals surface area contributed by atoms with Gasteiger partial charge in [-0.15, -0.1) is 0 Å². The first kappa shape index (κ1) is 31.0. The van der Waals surface area contributed by atoms with Crippen molar-refractivity contribution in [1.82, 2.24) is 29.6 Å². The number of hydrogen-bond acceptors (Lipinski definition) is 9. The zero-order valence-corrected chi connectivity index (χ0v) is 27.0. The summed E-state index contributed by atoms with van der Waals surface area (Å²) in [5, 5.41) is 4.45. The molecule has 0 spiro atoms. The highest BCUT2D eigenvalue weighted by Crippen LogP contribution is 2.42. The number of amides is 1. The van der Waals surface area contributed by atoms with Crippen LogP contribution in [0.4, 0.5) is 10.6 Å². The number of nitrogens with zero attached hydrogens (tertiary/aromatic N) is 6. The van der Waals surface area contributed by atoms with E-state index in [9.17, 15) is 4.79 Å². The molecule has 2 aliphatic heterocycles. The molecule has 10 nitrogen and oxygen atoms in total. The number of likely N-dealkylation sites (N-methyl/N-ethyl adjacent to an activating group) is 1. The first-order valence-electron chi connectivity index (χ1n) is 16.0. The Morgan fingerprint density at radius 2 is 1.56 bits per heavy atom. The zero-order valence-electron chi connectivity index (χ0n) is 27.0. The van der Waals surface area contributed by atoms with Crippen LogP contribution >= 0.6 is 0 Å². The zero-order chi connectivity index (χ0) is 31.4. The average molecular weight is 612 g/mol. The number of benzene rings is 2. The van der Waals surface area contributed by atoms with Gasteiger partial charge >= 0.3 is 6.09 Å². The van der Waals surface area contributed by atoms with Gasteiger partial charge in [-0.2, -0.15) is 0 Å². The molecular weight excluding hydrogens is 566 g/mol. The Hall–Kier alpha value is -3.99. The smallest absolute Gasteiger partial charge is 0.410 e. The van der Waals surface area contributed by atoms with Crippen molar-refractivity contribution in [2.45, 2.75) is 32.9 Å². The van der Waals surface area contributed by atoms with Crippen LogP contribution in [-0.4, -0.2) is 114 Å². The van der Waals surface area contributed by atoms with E-state index in [4.69, 9.17) is 9.15 Å². The molecule has 1 amide bonds. The number of carbonyl (C=O) groups excluding carboxylic acids is 1. The minimum atomic E-state index is -0.486. The van der Waals surface area contributed by atoms with E-state index < -0.39 is 5.60 Å². The van der Waals surface area contributed by atoms with E-state index in [1.165, 1.54) is 5.56 Å². The van der Waals surface area contributed by atoms with Crippen molar-refractivity contribution in [3.63, 3.8) is 0 Å². The van der Waals surface area contributed by atoms with Gasteiger partial charge in [-0.05, 0) is 38.9 Å². The molecule has 0 unspecified atom stereocenters. The Balaban J connectivity index is 1.17. The predicted molar refractivity (Wildman–Crippen MR) is 178 cm³/mol. The van der Waals surface area contributed by atoms with Crippen LogP contribution in [0.25, 0.3) is 33.6 Å². The fourth-order valence-electron chi connectivity index (χ4n) is 5.99. The van der Waals surface area contributed by atoms with Crippen LogP contribution in [0.5, 0.6) is 0 Å². The highest BCUT2D eigenvalue weighted by molar-refractivity contribution is 6.05. The van der Waals surface area contributed by atoms with Gasteiger partial charge in [-0.1, -0.05) is 54.6 Å². The molecule has 2 aromatic carbocycles. The van der Waals surface area contributed by atoms with Crippen LogP contribution in [0.15, 0.2) is 65.3 Å². The number of fused-ring (bicyclic) bond motifs is 1. The van der Waals surface area contributed by atoms with Crippen LogP contribution in [0.1, 0.15) is 26.3 Å². The lowest BCUT2D eigenvalue weighted by molar-refractivity contribution is 0.0148. The van der Waals surface area contributed by atoms with Crippen molar-refractivity contribution in [3.05, 3.63) is 66.5 Å². The summed E-state index contributed by atoms with van der Waals surface area (Å²) >= 11 is 0. The van der Waals surface area contributed by atoms with Crippen LogP contribution < -0.4 is 5.32 Å². The largest absolute Gasteiger partial charge is 0.444 e. The second-order valence-electron chi connectivity index (χ2n) is 13.1. The van der Waals surface area contributed by atoms with Crippen LogP contribution in [0, 0.1) is 0 Å². The van der Waals surface area contributed by atoms with Gasteiger partial charge in [0.15, 0.2) is 0 Å². The fourth-order valence-corrected chi connectivity index (χ4v) is 5.99. The Bertz CT molecular complexity index is 1570. The first-order chi connectivity index (χ1) is 21.7. The number of rotatable bonds is 8. The number of carbonyl (C=O) groups is 1. The second kappa shape index (κ2) is 13.6. The van der Waals surface area contributed by atoms with Crippen molar-refractivity contribution in [1.29, 1.82) is 0 Å². The molecule has 2 saturated heterocycles. The molecule has 238 valence electrons. The highest BCUT2D eigenvalue weighted by atomic mass is 16.6. The van der Waals surface area contributed by atoms with E-state index in [0.29, 0.717) is 25.3 Å². The van der Waals surface area contributed by atoms with E-state index in [-0.39, 0.29) is 6.09 Å². The van der Waals surface area contributed by atoms with Crippen molar-refractivity contribution in [2.75, 3.05) is 77.8 Å². The van der Waals surface area contributed by atoms with Crippen molar-refractivity contribution < 1.29 is 13.9 Å². The van der Waals surface area contributed by atoms with Gasteiger partial charge in [-0.3, -0.25) is 9.80 Å². The molecule has 0 radical (unpaired) electrons. The van der Waals surface area contributed by atoms with Gasteiger partial charge < -0.3 is 24.3 Å². The Labute approximate surface area is 266 Å². The maximum atomic E-state index is 12.5. The van der Waals surface area contributed by atoms with E-state index in [0.717, 1.165) is 86.0 Å². The van der Waals surface area contributed by atoms with Crippen LogP contribution in [0.3, 0.4) is 0 Å². The van der Waals surface area contributed by atoms with Crippen LogP contribution in [0.2, 0.25) is 0 Å². The summed E-state index contributed by atoms with van der Waals surface area (Å²) in [6, 6.07) is 19.1. The third-order valence-electron chi connectivity index (χ3n) is 8.51. The summed E-state index contributed by atoms with van der Waals surface area (Å²) in [6.45, 7) is 15.5. The normalized spacial score (nSPS) is 17.1. The topological polar surface area (TPSA) is 90.2 Å². The van der Waals surface area contributed by atoms with Gasteiger partial charge in [-0.25, -0.2) is 14.8 Å². The minimum Gasteiger partial charge on any atom is -0.444 e. The molecule has 6 rings (SSSR count). The van der Waals surface area contributed by atoms with Crippen molar-refractivity contribution in [2.24, 2.45) is 0 Å². The summed E-state index contributed by atoms with van der Waals surface area (Å²) in [5.74, 6) is 1.55. The molecule has 4 aromatic rings. The predicted octanol–water partition coefficient (Wildman–Crippen LogP) is 5.27. The number of hydrogen-bond donors (Lipinski definition) is 1. The third kappa shape index (κ3) is 7.64. The number of nitrogens with one attached hydrogen (secondary N) is 1. The van der Waals surface area contributed by atoms with Gasteiger partial charge in [0.2, 0.25) is 5.71 Å². The maximum absolute atomic E-state index is 12.5. The van der Waals surface area contributed by atoms with Gasteiger partial charge in [0, 0.05) is 83.1 Å². The number of piperazine rings is 2. The lowest BCUT2D eigenvalue weighted by Crippen LogP contribution is -2.50. The Morgan fingerprint density at radius 3 is 2.24 bits per heavy atom. The quantitative estimate of drug-likeness (QED) is 0.286. The highest BCUT2D eigenvalue weighted by Gasteiger charge is 2.26. The molecule has 2 aliphatic rings. The first-order valence-corrected chi connectivity index (χ1v) is 16.0. The minimum absolute atomic E-state index is 0.238. The summed E-state index contributed by atoms with van der Waals surface area (Å²) in [6.07, 6.45) is 1.32. The van der Waals surface area contributed by atoms with E-state index in [1.54, 1.807) is 11.2 Å². The Kier molecular flexibility index (Phi) is 9.34. The number of aromatic nitrogens is 2. The average Bonchev–Trinajstić information content (AvgIpc) is 3.43. The second-order valence-corrected chi connectivity index (χ2v) is 13.1. The molecule has 0 aliphatic carbocycles. The lowest BCUT2D eigenvalue weighted by atomic mass is 9.98. The summed E-state index contributed by atoms with van der Waals surface area (Å²) in [5.41, 5.74) is 4.45. The molecule has 10 heteroatoms. The Morgan fingerprint density at radius 1 is 0.867 bits per heavy atom. The maximum Gasteiger partial charge on any atom is 0.410 e. The van der Waals surface area contributed by atoms with E-state index in [2.05, 4.69) is 73.4 Å². The fraction of sp³-hybridized carbons (Fsp3) is 0.457.